The average Bonchev–Trinajstić information content (AvgIpc) is 3.01. The van der Waals surface area contributed by atoms with E-state index in [1.807, 2.05) is 42.6 Å². The lowest BCUT2D eigenvalue weighted by Gasteiger charge is -2.30. The van der Waals surface area contributed by atoms with Crippen LogP contribution >= 0.6 is 0 Å². The van der Waals surface area contributed by atoms with E-state index >= 15 is 0 Å². The van der Waals surface area contributed by atoms with Gasteiger partial charge in [0, 0.05) is 56.0 Å². The molecule has 0 aliphatic carbocycles. The zero-order valence-electron chi connectivity index (χ0n) is 24.6. The fourth-order valence-electron chi connectivity index (χ4n) is 4.75. The molecule has 3 aliphatic heterocycles. The molecule has 1 aromatic carbocycles. The topological polar surface area (TPSA) is 146 Å². The highest BCUT2D eigenvalue weighted by Gasteiger charge is 2.21. The van der Waals surface area contributed by atoms with Crippen LogP contribution in [-0.2, 0) is 16.1 Å². The molecule has 0 radical (unpaired) electrons. The number of hydrogen-bond donors (Lipinski definition) is 6. The van der Waals surface area contributed by atoms with Crippen LogP contribution in [0.2, 0.25) is 0 Å². The molecule has 42 heavy (non-hydrogen) atoms. The summed E-state index contributed by atoms with van der Waals surface area (Å²) < 4.78 is 11.8. The number of ether oxygens (including phenoxy) is 2. The number of benzene rings is 1. The molecule has 2 unspecified atom stereocenters. The first-order chi connectivity index (χ1) is 20.4. The van der Waals surface area contributed by atoms with Gasteiger partial charge in [-0.1, -0.05) is 44.2 Å². The molecular weight excluding hydrogens is 528 g/mol. The van der Waals surface area contributed by atoms with Crippen LogP contribution in [0.15, 0.2) is 106 Å². The summed E-state index contributed by atoms with van der Waals surface area (Å²) in [5.41, 5.74) is 16.5. The third kappa shape index (κ3) is 9.20. The maximum atomic E-state index is 8.08. The smallest absolute Gasteiger partial charge is 0.105 e. The fourth-order valence-corrected chi connectivity index (χ4v) is 4.75. The molecule has 3 aliphatic rings. The SMILES string of the molecule is CC(C)C(=C/N)/C=C(\N)NC1=CC=C2N=CC(/C(C=N)=C/NCC(CN3CCOCC3)OCc3ccccc3)=CC2N1. The third-order valence-corrected chi connectivity index (χ3v) is 7.20. The van der Waals surface area contributed by atoms with E-state index in [2.05, 4.69) is 57.9 Å². The molecule has 1 saturated heterocycles. The van der Waals surface area contributed by atoms with E-state index in [9.17, 15) is 0 Å². The Morgan fingerprint density at radius 2 is 2.02 bits per heavy atom. The van der Waals surface area contributed by atoms with E-state index in [0.717, 1.165) is 66.6 Å². The Morgan fingerprint density at radius 1 is 1.24 bits per heavy atom. The van der Waals surface area contributed by atoms with E-state index in [-0.39, 0.29) is 18.1 Å². The van der Waals surface area contributed by atoms with Crippen molar-refractivity contribution in [2.24, 2.45) is 22.4 Å². The number of allylic oxidation sites excluding steroid dienone is 6. The van der Waals surface area contributed by atoms with E-state index < -0.39 is 0 Å². The van der Waals surface area contributed by atoms with Gasteiger partial charge in [0.1, 0.15) is 11.6 Å². The number of fused-ring (bicyclic) bond motifs is 1. The Kier molecular flexibility index (Phi) is 11.6. The number of dihydropyridines is 2. The molecule has 4 rings (SSSR count). The van der Waals surface area contributed by atoms with Crippen molar-refractivity contribution in [1.29, 1.82) is 5.41 Å². The summed E-state index contributed by atoms with van der Waals surface area (Å²) in [4.78, 5) is 7.00. The van der Waals surface area contributed by atoms with Crippen LogP contribution < -0.4 is 27.4 Å². The molecule has 0 aromatic heterocycles. The fraction of sp³-hybridized carbons (Fsp3) is 0.375. The molecule has 2 atom stereocenters. The first-order valence-corrected chi connectivity index (χ1v) is 14.5. The van der Waals surface area contributed by atoms with Crippen LogP contribution in [0.4, 0.5) is 0 Å². The minimum Gasteiger partial charge on any atom is -0.404 e. The zero-order valence-corrected chi connectivity index (χ0v) is 24.6. The lowest BCUT2D eigenvalue weighted by atomic mass is 10.00. The molecular formula is C32H44N8O2. The van der Waals surface area contributed by atoms with E-state index in [4.69, 9.17) is 26.4 Å². The van der Waals surface area contributed by atoms with Crippen LogP contribution in [0.3, 0.4) is 0 Å². The van der Waals surface area contributed by atoms with Gasteiger partial charge in [0.2, 0.25) is 0 Å². The van der Waals surface area contributed by atoms with Crippen LogP contribution in [0.1, 0.15) is 19.4 Å². The molecule has 0 spiro atoms. The molecule has 10 nitrogen and oxygen atoms in total. The Balaban J connectivity index is 1.37. The second-order valence-corrected chi connectivity index (χ2v) is 10.7. The standard InChI is InChI=1S/C32H44N8O2/c1-23(2)25(16-33)15-31(35)39-32-9-8-29-30(38-32)14-26(19-37-29)27(17-34)18-36-20-28(21-40-10-12-41-13-11-40)42-22-24-6-4-3-5-7-24/h3-9,14-19,23,28,30,34,36,38-39H,10-13,20-22,33,35H2,1-2H3/b25-16+,27-18+,31-15+,34-17?. The molecule has 224 valence electrons. The van der Waals surface area contributed by atoms with Gasteiger partial charge in [-0.2, -0.15) is 0 Å². The molecule has 1 fully saturated rings. The van der Waals surface area contributed by atoms with Crippen LogP contribution in [0, 0.1) is 11.3 Å². The van der Waals surface area contributed by atoms with Crippen LogP contribution in [-0.4, -0.2) is 68.9 Å². The number of rotatable bonds is 14. The van der Waals surface area contributed by atoms with Crippen LogP contribution in [0.25, 0.3) is 0 Å². The van der Waals surface area contributed by atoms with Crippen molar-refractivity contribution < 1.29 is 9.47 Å². The highest BCUT2D eigenvalue weighted by molar-refractivity contribution is 5.98. The van der Waals surface area contributed by atoms with Crippen molar-refractivity contribution in [1.82, 2.24) is 20.9 Å². The Bertz CT molecular complexity index is 1270. The van der Waals surface area contributed by atoms with Gasteiger partial charge in [-0.05, 0) is 47.6 Å². The number of nitrogens with zero attached hydrogens (tertiary/aromatic N) is 2. The maximum absolute atomic E-state index is 8.08. The van der Waals surface area contributed by atoms with Gasteiger partial charge >= 0.3 is 0 Å². The van der Waals surface area contributed by atoms with Gasteiger partial charge < -0.3 is 42.3 Å². The van der Waals surface area contributed by atoms with Gasteiger partial charge in [0.05, 0.1) is 37.7 Å². The minimum atomic E-state index is -0.161. The van der Waals surface area contributed by atoms with Gasteiger partial charge in [-0.15, -0.1) is 0 Å². The summed E-state index contributed by atoms with van der Waals surface area (Å²) in [6.45, 7) is 9.37. The predicted molar refractivity (Wildman–Crippen MR) is 169 cm³/mol. The number of nitrogens with two attached hydrogens (primary N) is 2. The molecule has 8 N–H and O–H groups in total. The number of hydrogen-bond acceptors (Lipinski definition) is 10. The lowest BCUT2D eigenvalue weighted by Crippen LogP contribution is -2.44. The van der Waals surface area contributed by atoms with Crippen molar-refractivity contribution in [3.63, 3.8) is 0 Å². The summed E-state index contributed by atoms with van der Waals surface area (Å²) in [5, 5.41) is 18.1. The highest BCUT2D eigenvalue weighted by Crippen LogP contribution is 2.21. The number of aliphatic imine (C=N–C) groups is 1. The first kappa shape index (κ1) is 30.8. The Labute approximate surface area is 249 Å². The van der Waals surface area contributed by atoms with Crippen molar-refractivity contribution >= 4 is 12.4 Å². The van der Waals surface area contributed by atoms with E-state index in [1.54, 1.807) is 12.4 Å². The zero-order chi connectivity index (χ0) is 29.7. The largest absolute Gasteiger partial charge is 0.404 e. The number of morpholine rings is 1. The van der Waals surface area contributed by atoms with E-state index in [1.165, 1.54) is 6.21 Å². The minimum absolute atomic E-state index is 0.0299. The molecule has 0 bridgehead atoms. The van der Waals surface area contributed by atoms with Gasteiger partial charge in [-0.25, -0.2) is 0 Å². The Morgan fingerprint density at radius 3 is 2.74 bits per heavy atom. The second-order valence-electron chi connectivity index (χ2n) is 10.7. The lowest BCUT2D eigenvalue weighted by molar-refractivity contribution is -0.0162. The average molecular weight is 573 g/mol. The first-order valence-electron chi connectivity index (χ1n) is 14.5. The van der Waals surface area contributed by atoms with Crippen molar-refractivity contribution in [2.45, 2.75) is 32.6 Å². The normalized spacial score (nSPS) is 20.6. The summed E-state index contributed by atoms with van der Waals surface area (Å²) in [6.07, 6.45) is 14.3. The quantitative estimate of drug-likeness (QED) is 0.147. The molecule has 1 aromatic rings. The number of nitrogens with one attached hydrogen (secondary N) is 4. The monoisotopic (exact) mass is 572 g/mol. The van der Waals surface area contributed by atoms with Gasteiger partial charge in [-0.3, -0.25) is 9.89 Å². The molecule has 10 heteroatoms. The summed E-state index contributed by atoms with van der Waals surface area (Å²) in [7, 11) is 0. The second kappa shape index (κ2) is 15.8. The van der Waals surface area contributed by atoms with Gasteiger partial charge in [0.15, 0.2) is 0 Å². The van der Waals surface area contributed by atoms with Gasteiger partial charge in [0.25, 0.3) is 0 Å². The molecule has 3 heterocycles. The summed E-state index contributed by atoms with van der Waals surface area (Å²) in [6, 6.07) is 10.0. The third-order valence-electron chi connectivity index (χ3n) is 7.20. The Hall–Kier alpha value is -4.12. The van der Waals surface area contributed by atoms with Crippen molar-refractivity contribution in [3.8, 4) is 0 Å². The van der Waals surface area contributed by atoms with Crippen LogP contribution in [0.5, 0.6) is 0 Å². The molecule has 0 saturated carbocycles. The van der Waals surface area contributed by atoms with E-state index in [0.29, 0.717) is 19.0 Å². The summed E-state index contributed by atoms with van der Waals surface area (Å²) >= 11 is 0. The van der Waals surface area contributed by atoms with Crippen molar-refractivity contribution in [2.75, 3.05) is 39.4 Å². The predicted octanol–water partition coefficient (Wildman–Crippen LogP) is 2.62. The van der Waals surface area contributed by atoms with Crippen molar-refractivity contribution in [3.05, 3.63) is 107 Å². The molecule has 0 amide bonds. The summed E-state index contributed by atoms with van der Waals surface area (Å²) in [5.74, 6) is 1.51. The highest BCUT2D eigenvalue weighted by atomic mass is 16.5. The maximum Gasteiger partial charge on any atom is 0.105 e.